The van der Waals surface area contributed by atoms with Crippen LogP contribution in [-0.4, -0.2) is 24.7 Å². The van der Waals surface area contributed by atoms with Crippen LogP contribution in [0.2, 0.25) is 0 Å². The summed E-state index contributed by atoms with van der Waals surface area (Å²) in [7, 11) is 0. The van der Waals surface area contributed by atoms with Gasteiger partial charge in [0.15, 0.2) is 0 Å². The Morgan fingerprint density at radius 2 is 1.94 bits per heavy atom. The highest BCUT2D eigenvalue weighted by atomic mass is 79.9. The molecule has 1 aliphatic rings. The van der Waals surface area contributed by atoms with Crippen molar-refractivity contribution in [1.82, 2.24) is 5.32 Å². The van der Waals surface area contributed by atoms with Crippen molar-refractivity contribution in [2.45, 2.75) is 38.8 Å². The van der Waals surface area contributed by atoms with Crippen molar-refractivity contribution in [2.75, 3.05) is 18.0 Å². The zero-order chi connectivity index (χ0) is 12.5. The standard InChI is InChI=1S/C14H21BrN2/c1-11-10-16-9-8-14(2,3)17(11)13-6-4-12(15)5-7-13/h4-7,11,16H,8-10H2,1-3H3. The van der Waals surface area contributed by atoms with Crippen LogP contribution in [0.5, 0.6) is 0 Å². The van der Waals surface area contributed by atoms with Crippen LogP contribution in [0.1, 0.15) is 27.2 Å². The Kier molecular flexibility index (Phi) is 3.79. The third-order valence-corrected chi connectivity index (χ3v) is 4.08. The third-order valence-electron chi connectivity index (χ3n) is 3.55. The van der Waals surface area contributed by atoms with Crippen LogP contribution in [0.25, 0.3) is 0 Å². The number of halogens is 1. The van der Waals surface area contributed by atoms with E-state index in [1.807, 2.05) is 0 Å². The first kappa shape index (κ1) is 12.9. The summed E-state index contributed by atoms with van der Waals surface area (Å²) in [4.78, 5) is 2.54. The second-order valence-corrected chi connectivity index (χ2v) is 6.38. The average Bonchev–Trinajstić information content (AvgIpc) is 2.39. The molecule has 2 rings (SSSR count). The van der Waals surface area contributed by atoms with Crippen molar-refractivity contribution in [3.63, 3.8) is 0 Å². The topological polar surface area (TPSA) is 15.3 Å². The summed E-state index contributed by atoms with van der Waals surface area (Å²) in [6.45, 7) is 9.11. The van der Waals surface area contributed by atoms with Crippen LogP contribution in [0.4, 0.5) is 5.69 Å². The van der Waals surface area contributed by atoms with Crippen molar-refractivity contribution in [1.29, 1.82) is 0 Å². The molecular weight excluding hydrogens is 276 g/mol. The summed E-state index contributed by atoms with van der Waals surface area (Å²) in [5.41, 5.74) is 1.52. The molecule has 2 nitrogen and oxygen atoms in total. The highest BCUT2D eigenvalue weighted by Gasteiger charge is 2.32. The molecular formula is C14H21BrN2. The Hall–Kier alpha value is -0.540. The molecule has 94 valence electrons. The molecule has 0 radical (unpaired) electrons. The van der Waals surface area contributed by atoms with Crippen molar-refractivity contribution in [3.8, 4) is 0 Å². The van der Waals surface area contributed by atoms with E-state index in [1.165, 1.54) is 12.1 Å². The van der Waals surface area contributed by atoms with Crippen LogP contribution in [0, 0.1) is 0 Å². The Labute approximate surface area is 113 Å². The molecule has 1 aromatic carbocycles. The van der Waals surface area contributed by atoms with E-state index in [9.17, 15) is 0 Å². The molecule has 1 heterocycles. The van der Waals surface area contributed by atoms with Crippen molar-refractivity contribution in [3.05, 3.63) is 28.7 Å². The molecule has 1 aliphatic heterocycles. The smallest absolute Gasteiger partial charge is 0.0391 e. The van der Waals surface area contributed by atoms with E-state index >= 15 is 0 Å². The van der Waals surface area contributed by atoms with Gasteiger partial charge in [0, 0.05) is 28.3 Å². The summed E-state index contributed by atoms with van der Waals surface area (Å²) in [6, 6.07) is 9.17. The summed E-state index contributed by atoms with van der Waals surface area (Å²) in [5.74, 6) is 0. The third kappa shape index (κ3) is 2.83. The molecule has 0 bridgehead atoms. The highest BCUT2D eigenvalue weighted by Crippen LogP contribution is 2.31. The molecule has 3 heteroatoms. The SMILES string of the molecule is CC1CNCCC(C)(C)N1c1ccc(Br)cc1. The van der Waals surface area contributed by atoms with Crippen LogP contribution < -0.4 is 10.2 Å². The lowest BCUT2D eigenvalue weighted by molar-refractivity contribution is 0.426. The predicted octanol–water partition coefficient (Wildman–Crippen LogP) is 3.42. The normalized spacial score (nSPS) is 24.5. The predicted molar refractivity (Wildman–Crippen MR) is 77.6 cm³/mol. The molecule has 0 aromatic heterocycles. The Morgan fingerprint density at radius 3 is 2.59 bits per heavy atom. The number of nitrogens with one attached hydrogen (secondary N) is 1. The van der Waals surface area contributed by atoms with Crippen molar-refractivity contribution in [2.24, 2.45) is 0 Å². The van der Waals surface area contributed by atoms with Gasteiger partial charge in [-0.05, 0) is 58.0 Å². The monoisotopic (exact) mass is 296 g/mol. The van der Waals surface area contributed by atoms with Gasteiger partial charge in [-0.1, -0.05) is 15.9 Å². The van der Waals surface area contributed by atoms with Gasteiger partial charge in [0.2, 0.25) is 0 Å². The van der Waals surface area contributed by atoms with Gasteiger partial charge < -0.3 is 10.2 Å². The van der Waals surface area contributed by atoms with E-state index in [1.54, 1.807) is 0 Å². The molecule has 1 unspecified atom stereocenters. The highest BCUT2D eigenvalue weighted by molar-refractivity contribution is 9.10. The van der Waals surface area contributed by atoms with Gasteiger partial charge in [-0.3, -0.25) is 0 Å². The molecule has 1 saturated heterocycles. The summed E-state index contributed by atoms with van der Waals surface area (Å²) in [5, 5.41) is 3.51. The molecule has 0 amide bonds. The van der Waals surface area contributed by atoms with E-state index < -0.39 is 0 Å². The van der Waals surface area contributed by atoms with E-state index in [0.29, 0.717) is 6.04 Å². The maximum absolute atomic E-state index is 3.51. The Morgan fingerprint density at radius 1 is 1.29 bits per heavy atom. The van der Waals surface area contributed by atoms with E-state index in [4.69, 9.17) is 0 Å². The Balaban J connectivity index is 2.34. The maximum Gasteiger partial charge on any atom is 0.0391 e. The second-order valence-electron chi connectivity index (χ2n) is 5.46. The minimum absolute atomic E-state index is 0.205. The van der Waals surface area contributed by atoms with Gasteiger partial charge in [-0.2, -0.15) is 0 Å². The fourth-order valence-electron chi connectivity index (χ4n) is 2.72. The van der Waals surface area contributed by atoms with Gasteiger partial charge in [0.25, 0.3) is 0 Å². The van der Waals surface area contributed by atoms with Crippen molar-refractivity contribution < 1.29 is 0 Å². The van der Waals surface area contributed by atoms with Crippen LogP contribution in [0.3, 0.4) is 0 Å². The molecule has 0 spiro atoms. The van der Waals surface area contributed by atoms with Crippen molar-refractivity contribution >= 4 is 21.6 Å². The number of hydrogen-bond donors (Lipinski definition) is 1. The van der Waals surface area contributed by atoms with Gasteiger partial charge in [-0.15, -0.1) is 0 Å². The molecule has 0 saturated carbocycles. The van der Waals surface area contributed by atoms with Crippen LogP contribution in [0.15, 0.2) is 28.7 Å². The van der Waals surface area contributed by atoms with Gasteiger partial charge in [0.1, 0.15) is 0 Å². The maximum atomic E-state index is 3.51. The first-order valence-corrected chi connectivity index (χ1v) is 7.06. The number of benzene rings is 1. The lowest BCUT2D eigenvalue weighted by Gasteiger charge is -2.42. The number of anilines is 1. The lowest BCUT2D eigenvalue weighted by atomic mass is 9.96. The number of nitrogens with zero attached hydrogens (tertiary/aromatic N) is 1. The summed E-state index contributed by atoms with van der Waals surface area (Å²) >= 11 is 3.50. The molecule has 17 heavy (non-hydrogen) atoms. The van der Waals surface area contributed by atoms with Crippen LogP contribution >= 0.6 is 15.9 Å². The molecule has 0 aliphatic carbocycles. The largest absolute Gasteiger partial charge is 0.362 e. The first-order valence-electron chi connectivity index (χ1n) is 6.26. The van der Waals surface area contributed by atoms with E-state index in [2.05, 4.69) is 71.2 Å². The molecule has 1 N–H and O–H groups in total. The van der Waals surface area contributed by atoms with E-state index in [-0.39, 0.29) is 5.54 Å². The average molecular weight is 297 g/mol. The fraction of sp³-hybridized carbons (Fsp3) is 0.571. The Bertz CT molecular complexity index is 372. The van der Waals surface area contributed by atoms with Gasteiger partial charge >= 0.3 is 0 Å². The van der Waals surface area contributed by atoms with Crippen LogP contribution in [-0.2, 0) is 0 Å². The first-order chi connectivity index (χ1) is 8.00. The molecule has 1 fully saturated rings. The summed E-state index contributed by atoms with van der Waals surface area (Å²) in [6.07, 6.45) is 1.17. The van der Waals surface area contributed by atoms with Gasteiger partial charge in [0.05, 0.1) is 0 Å². The number of rotatable bonds is 1. The molecule has 1 atom stereocenters. The number of hydrogen-bond acceptors (Lipinski definition) is 2. The summed E-state index contributed by atoms with van der Waals surface area (Å²) < 4.78 is 1.14. The second kappa shape index (κ2) is 4.99. The fourth-order valence-corrected chi connectivity index (χ4v) is 2.98. The lowest BCUT2D eigenvalue weighted by Crippen LogP contribution is -2.49. The molecule has 1 aromatic rings. The minimum Gasteiger partial charge on any atom is -0.362 e. The quantitative estimate of drug-likeness (QED) is 0.854. The zero-order valence-electron chi connectivity index (χ0n) is 10.8. The zero-order valence-corrected chi connectivity index (χ0v) is 12.4. The minimum atomic E-state index is 0.205. The van der Waals surface area contributed by atoms with Gasteiger partial charge in [-0.25, -0.2) is 0 Å². The van der Waals surface area contributed by atoms with E-state index in [0.717, 1.165) is 17.6 Å².